The van der Waals surface area contributed by atoms with E-state index in [9.17, 15) is 19.6 Å². The maximum absolute atomic E-state index is 13.6. The Labute approximate surface area is 276 Å². The van der Waals surface area contributed by atoms with Gasteiger partial charge in [-0.25, -0.2) is 0 Å². The highest BCUT2D eigenvalue weighted by Crippen LogP contribution is 2.60. The molecule has 5 unspecified atom stereocenters. The monoisotopic (exact) mass is 643 g/mol. The summed E-state index contributed by atoms with van der Waals surface area (Å²) in [5, 5.41) is 29.6. The number of nitriles is 1. The van der Waals surface area contributed by atoms with Crippen LogP contribution in [0.5, 0.6) is 0 Å². The van der Waals surface area contributed by atoms with Crippen LogP contribution in [0.25, 0.3) is 0 Å². The molecule has 1 aliphatic heterocycles. The molecule has 47 heavy (non-hydrogen) atoms. The molecule has 12 nitrogen and oxygen atoms in total. The van der Waals surface area contributed by atoms with E-state index in [-0.39, 0.29) is 48.2 Å². The van der Waals surface area contributed by atoms with Crippen molar-refractivity contribution < 1.29 is 14.4 Å². The van der Waals surface area contributed by atoms with Crippen LogP contribution in [0, 0.1) is 40.4 Å². The van der Waals surface area contributed by atoms with Crippen LogP contribution in [0.2, 0.25) is 0 Å². The molecule has 3 fully saturated rings. The molecule has 1 saturated heterocycles. The highest BCUT2D eigenvalue weighted by atomic mass is 16.2. The van der Waals surface area contributed by atoms with Crippen LogP contribution in [0.15, 0.2) is 18.2 Å². The van der Waals surface area contributed by atoms with E-state index in [4.69, 9.17) is 16.6 Å². The number of rotatable bonds is 9. The Bertz CT molecular complexity index is 1510. The third-order valence-corrected chi connectivity index (χ3v) is 12.4. The highest BCUT2D eigenvalue weighted by molar-refractivity contribution is 5.93. The second kappa shape index (κ2) is 13.3. The van der Waals surface area contributed by atoms with Crippen molar-refractivity contribution in [2.45, 2.75) is 108 Å². The maximum atomic E-state index is 13.6. The lowest BCUT2D eigenvalue weighted by atomic mass is 9.49. The summed E-state index contributed by atoms with van der Waals surface area (Å²) in [4.78, 5) is 40.5. The predicted molar refractivity (Wildman–Crippen MR) is 174 cm³/mol. The van der Waals surface area contributed by atoms with Gasteiger partial charge in [0.2, 0.25) is 17.7 Å². The number of aromatic amines is 1. The van der Waals surface area contributed by atoms with E-state index in [1.807, 2.05) is 12.1 Å². The number of benzene rings is 1. The maximum Gasteiger partial charge on any atom is 0.248 e. The van der Waals surface area contributed by atoms with E-state index in [0.29, 0.717) is 49.5 Å². The van der Waals surface area contributed by atoms with Gasteiger partial charge in [0, 0.05) is 24.1 Å². The number of amides is 3. The van der Waals surface area contributed by atoms with E-state index < -0.39 is 16.7 Å². The SMILES string of the molecule is CC1(C)C(C(N)=O)CCC2C1CCc1cc(C(N)=O)ccc1C2(C[C@H](NCC(=O)N1CCCC1C#N)C1CCCCC1)c1nn[nH]n1. The van der Waals surface area contributed by atoms with Crippen molar-refractivity contribution in [3.8, 4) is 6.07 Å². The Morgan fingerprint density at radius 1 is 1.06 bits per heavy atom. The van der Waals surface area contributed by atoms with E-state index in [1.54, 1.807) is 11.0 Å². The van der Waals surface area contributed by atoms with Crippen molar-refractivity contribution in [2.24, 2.45) is 40.6 Å². The first-order valence-corrected chi connectivity index (χ1v) is 17.5. The molecule has 252 valence electrons. The number of fused-ring (bicyclic) bond motifs is 2. The van der Waals surface area contributed by atoms with Crippen molar-refractivity contribution in [3.05, 3.63) is 40.7 Å². The number of likely N-dealkylation sites (tertiary alicyclic amines) is 1. The molecule has 1 aromatic heterocycles. The number of tetrazole rings is 1. The number of nitrogens with one attached hydrogen (secondary N) is 2. The van der Waals surface area contributed by atoms with Crippen molar-refractivity contribution in [2.75, 3.05) is 13.1 Å². The number of H-pyrrole nitrogens is 1. The number of aryl methyl sites for hydroxylation is 1. The number of nitrogens with two attached hydrogens (primary N) is 2. The van der Waals surface area contributed by atoms with Gasteiger partial charge in [-0.2, -0.15) is 10.5 Å². The molecule has 3 amide bonds. The molecule has 1 aromatic carbocycles. The fourth-order valence-electron chi connectivity index (χ4n) is 10.1. The van der Waals surface area contributed by atoms with Gasteiger partial charge in [-0.05, 0) is 104 Å². The fourth-order valence-corrected chi connectivity index (χ4v) is 10.1. The average Bonchev–Trinajstić information content (AvgIpc) is 3.75. The van der Waals surface area contributed by atoms with Gasteiger partial charge >= 0.3 is 0 Å². The summed E-state index contributed by atoms with van der Waals surface area (Å²) >= 11 is 0. The first-order chi connectivity index (χ1) is 22.6. The van der Waals surface area contributed by atoms with Gasteiger partial charge in [-0.15, -0.1) is 10.2 Å². The van der Waals surface area contributed by atoms with E-state index in [1.165, 1.54) is 6.42 Å². The summed E-state index contributed by atoms with van der Waals surface area (Å²) in [6.45, 7) is 5.10. The molecule has 0 bridgehead atoms. The topological polar surface area (TPSA) is 197 Å². The zero-order chi connectivity index (χ0) is 33.3. The van der Waals surface area contributed by atoms with Gasteiger partial charge < -0.3 is 21.7 Å². The molecule has 2 saturated carbocycles. The molecule has 6 atom stereocenters. The second-order valence-corrected chi connectivity index (χ2v) is 15.0. The van der Waals surface area contributed by atoms with Gasteiger partial charge in [-0.1, -0.05) is 44.4 Å². The predicted octanol–water partition coefficient (Wildman–Crippen LogP) is 3.13. The molecule has 6 N–H and O–H groups in total. The minimum Gasteiger partial charge on any atom is -0.369 e. The number of hydrogen-bond acceptors (Lipinski definition) is 8. The number of primary amides is 2. The van der Waals surface area contributed by atoms with Crippen LogP contribution in [0.4, 0.5) is 0 Å². The Morgan fingerprint density at radius 2 is 1.85 bits per heavy atom. The van der Waals surface area contributed by atoms with Crippen LogP contribution < -0.4 is 16.8 Å². The molecule has 2 aromatic rings. The number of aromatic nitrogens is 4. The molecule has 0 radical (unpaired) electrons. The van der Waals surface area contributed by atoms with Crippen LogP contribution in [-0.2, 0) is 21.4 Å². The van der Waals surface area contributed by atoms with Gasteiger partial charge in [0.05, 0.1) is 18.0 Å². The van der Waals surface area contributed by atoms with Gasteiger partial charge in [0.15, 0.2) is 5.82 Å². The minimum atomic E-state index is -0.736. The van der Waals surface area contributed by atoms with E-state index in [0.717, 1.165) is 56.1 Å². The van der Waals surface area contributed by atoms with Crippen LogP contribution in [0.1, 0.15) is 112 Å². The van der Waals surface area contributed by atoms with E-state index >= 15 is 0 Å². The van der Waals surface area contributed by atoms with Crippen LogP contribution in [0.3, 0.4) is 0 Å². The van der Waals surface area contributed by atoms with Gasteiger partial charge in [0.25, 0.3) is 0 Å². The molecule has 12 heteroatoms. The summed E-state index contributed by atoms with van der Waals surface area (Å²) in [6, 6.07) is 7.63. The molecule has 4 aliphatic rings. The summed E-state index contributed by atoms with van der Waals surface area (Å²) in [5.74, 6) is -0.0162. The van der Waals surface area contributed by atoms with Crippen molar-refractivity contribution in [3.63, 3.8) is 0 Å². The molecule has 3 aliphatic carbocycles. The number of hydrogen-bond donors (Lipinski definition) is 4. The summed E-state index contributed by atoms with van der Waals surface area (Å²) < 4.78 is 0. The molecular formula is C35H49N9O3. The average molecular weight is 644 g/mol. The zero-order valence-electron chi connectivity index (χ0n) is 27.7. The van der Waals surface area contributed by atoms with Crippen molar-refractivity contribution in [1.82, 2.24) is 30.8 Å². The Balaban J connectivity index is 1.48. The largest absolute Gasteiger partial charge is 0.369 e. The van der Waals surface area contributed by atoms with Crippen molar-refractivity contribution in [1.29, 1.82) is 5.26 Å². The van der Waals surface area contributed by atoms with Gasteiger partial charge in [-0.3, -0.25) is 14.4 Å². The lowest BCUT2D eigenvalue weighted by Gasteiger charge is -2.54. The lowest BCUT2D eigenvalue weighted by molar-refractivity contribution is -0.132. The summed E-state index contributed by atoms with van der Waals surface area (Å²) in [5.41, 5.74) is 13.2. The zero-order valence-corrected chi connectivity index (χ0v) is 27.7. The first kappa shape index (κ1) is 33.1. The Morgan fingerprint density at radius 3 is 2.53 bits per heavy atom. The number of carbonyl (C=O) groups excluding carboxylic acids is 3. The highest BCUT2D eigenvalue weighted by Gasteiger charge is 2.59. The number of nitrogens with zero attached hydrogens (tertiary/aromatic N) is 5. The standard InChI is InChI=1S/C35H49N9O3/c1-34(2)26-13-10-22-17-23(31(37)46)11-12-25(22)35(33-40-42-43-41-33,27(26)14-15-28(34)32(38)47)18-29(21-7-4-3-5-8-21)39-20-30(45)44-16-6-9-24(44)19-36/h11-12,17,21,24,26-29,39H,3-10,13-16,18,20H2,1-2H3,(H2,37,46)(H2,38,47)(H,40,41,42,43)/t24?,26?,27?,28?,29-,35?/m0/s1. The number of carbonyl (C=O) groups is 3. The molecule has 6 rings (SSSR count). The van der Waals surface area contributed by atoms with Crippen LogP contribution >= 0.6 is 0 Å². The summed E-state index contributed by atoms with van der Waals surface area (Å²) in [6.07, 6.45) is 10.7. The first-order valence-electron chi connectivity index (χ1n) is 17.5. The molecular weight excluding hydrogens is 594 g/mol. The normalized spacial score (nSPS) is 29.6. The minimum absolute atomic E-state index is 0.0384. The van der Waals surface area contributed by atoms with Gasteiger partial charge in [0.1, 0.15) is 6.04 Å². The third kappa shape index (κ3) is 6.03. The summed E-state index contributed by atoms with van der Waals surface area (Å²) in [7, 11) is 0. The molecule has 0 spiro atoms. The Kier molecular flexibility index (Phi) is 9.38. The smallest absolute Gasteiger partial charge is 0.248 e. The van der Waals surface area contributed by atoms with Crippen molar-refractivity contribution >= 4 is 17.7 Å². The second-order valence-electron chi connectivity index (χ2n) is 15.0. The quantitative estimate of drug-likeness (QED) is 0.320. The third-order valence-electron chi connectivity index (χ3n) is 12.4. The van der Waals surface area contributed by atoms with Crippen LogP contribution in [-0.4, -0.2) is 68.4 Å². The molecule has 2 heterocycles. The Hall–Kier alpha value is -3.85. The fraction of sp³-hybridized carbons (Fsp3) is 0.686. The lowest BCUT2D eigenvalue weighted by Crippen LogP contribution is -2.56. The van der Waals surface area contributed by atoms with E-state index in [2.05, 4.69) is 40.8 Å².